The number of nitrogens with zero attached hydrogens (tertiary/aromatic N) is 4. The first kappa shape index (κ1) is 19.3. The Balaban J connectivity index is 1.79. The Labute approximate surface area is 180 Å². The van der Waals surface area contributed by atoms with Gasteiger partial charge in [0.05, 0.1) is 25.7 Å². The van der Waals surface area contributed by atoms with Crippen LogP contribution >= 0.6 is 34.8 Å². The summed E-state index contributed by atoms with van der Waals surface area (Å²) in [6.45, 7) is 0. The van der Waals surface area contributed by atoms with Crippen LogP contribution in [0, 0.1) is 10.1 Å². The number of rotatable bonds is 4. The zero-order chi connectivity index (χ0) is 20.5. The minimum atomic E-state index is -0.458. The van der Waals surface area contributed by atoms with Crippen LogP contribution in [0.4, 0.5) is 17.1 Å². The molecule has 146 valence electrons. The highest BCUT2D eigenvalue weighted by molar-refractivity contribution is 6.44. The van der Waals surface area contributed by atoms with Crippen molar-refractivity contribution < 1.29 is 4.92 Å². The molecule has 1 aliphatic heterocycles. The number of hydrazone groups is 1. The number of non-ortho nitro benzene ring substituents is 1. The van der Waals surface area contributed by atoms with E-state index in [2.05, 4.69) is 10.5 Å². The van der Waals surface area contributed by atoms with Crippen molar-refractivity contribution in [2.45, 2.75) is 0 Å². The average molecular weight is 449 g/mol. The molecule has 4 rings (SSSR count). The molecular weight excluding hydrogens is 437 g/mol. The fraction of sp³-hybridized carbons (Fsp3) is 0. The van der Waals surface area contributed by atoms with Crippen LogP contribution in [0.2, 0.25) is 15.1 Å². The molecule has 0 amide bonds. The van der Waals surface area contributed by atoms with Crippen molar-refractivity contribution in [1.82, 2.24) is 5.43 Å². The van der Waals surface area contributed by atoms with Gasteiger partial charge in [-0.25, -0.2) is 0 Å². The molecule has 0 fully saturated rings. The summed E-state index contributed by atoms with van der Waals surface area (Å²) in [7, 11) is 0. The van der Waals surface area contributed by atoms with Crippen LogP contribution in [0.25, 0.3) is 0 Å². The van der Waals surface area contributed by atoms with E-state index in [0.29, 0.717) is 32.3 Å². The minimum absolute atomic E-state index is 0.0173. The highest BCUT2D eigenvalue weighted by Gasteiger charge is 2.28. The maximum atomic E-state index is 11.0. The molecule has 1 N–H and O–H groups in total. The summed E-state index contributed by atoms with van der Waals surface area (Å²) in [5.41, 5.74) is 5.10. The van der Waals surface area contributed by atoms with Crippen molar-refractivity contribution in [3.8, 4) is 0 Å². The largest absolute Gasteiger partial charge is 0.269 e. The lowest BCUT2D eigenvalue weighted by atomic mass is 10.2. The molecule has 3 aromatic carbocycles. The van der Waals surface area contributed by atoms with Crippen molar-refractivity contribution >= 4 is 57.7 Å². The summed E-state index contributed by atoms with van der Waals surface area (Å²) in [6.07, 6.45) is 0. The number of amidine groups is 1. The van der Waals surface area contributed by atoms with E-state index >= 15 is 0 Å². The van der Waals surface area contributed by atoms with E-state index in [0.717, 1.165) is 5.56 Å². The monoisotopic (exact) mass is 447 g/mol. The van der Waals surface area contributed by atoms with Crippen LogP contribution in [-0.2, 0) is 0 Å². The van der Waals surface area contributed by atoms with Gasteiger partial charge in [0, 0.05) is 17.7 Å². The quantitative estimate of drug-likeness (QED) is 0.316. The molecule has 0 unspecified atom stereocenters. The second kappa shape index (κ2) is 7.79. The first-order valence-corrected chi connectivity index (χ1v) is 9.47. The maximum absolute atomic E-state index is 11.0. The predicted octanol–water partition coefficient (Wildman–Crippen LogP) is 5.66. The smallest absolute Gasteiger partial charge is 0.259 e. The summed E-state index contributed by atoms with van der Waals surface area (Å²) < 4.78 is 0. The van der Waals surface area contributed by atoms with E-state index in [4.69, 9.17) is 34.8 Å². The number of halogens is 3. The SMILES string of the molecule is O=[N+]([O-])c1ccc(N2NC(c3ccccc3)=NN2c2cc(Cl)c(Cl)cc2Cl)cc1. The zero-order valence-corrected chi connectivity index (χ0v) is 16.9. The number of hydrazine groups is 2. The van der Waals surface area contributed by atoms with Crippen LogP contribution in [0.1, 0.15) is 5.56 Å². The first-order chi connectivity index (χ1) is 13.9. The van der Waals surface area contributed by atoms with E-state index in [-0.39, 0.29) is 5.69 Å². The van der Waals surface area contributed by atoms with Gasteiger partial charge in [0.15, 0.2) is 5.84 Å². The molecule has 1 heterocycles. The maximum Gasteiger partial charge on any atom is 0.269 e. The molecule has 1 aliphatic rings. The summed E-state index contributed by atoms with van der Waals surface area (Å²) >= 11 is 18.6. The van der Waals surface area contributed by atoms with Gasteiger partial charge >= 0.3 is 0 Å². The third-order valence-electron chi connectivity index (χ3n) is 4.15. The Morgan fingerprint density at radius 2 is 1.55 bits per heavy atom. The summed E-state index contributed by atoms with van der Waals surface area (Å²) in [5, 5.41) is 19.7. The highest BCUT2D eigenvalue weighted by atomic mass is 35.5. The fourth-order valence-corrected chi connectivity index (χ4v) is 3.36. The van der Waals surface area contributed by atoms with E-state index in [9.17, 15) is 10.1 Å². The Morgan fingerprint density at radius 3 is 2.21 bits per heavy atom. The topological polar surface area (TPSA) is 74.0 Å². The van der Waals surface area contributed by atoms with Gasteiger partial charge in [-0.05, 0) is 24.3 Å². The Bertz CT molecular complexity index is 1110. The van der Waals surface area contributed by atoms with Crippen molar-refractivity contribution in [3.63, 3.8) is 0 Å². The van der Waals surface area contributed by atoms with Crippen LogP contribution in [-0.4, -0.2) is 10.8 Å². The van der Waals surface area contributed by atoms with Gasteiger partial charge in [0.2, 0.25) is 0 Å². The second-order valence-electron chi connectivity index (χ2n) is 6.02. The third kappa shape index (κ3) is 3.80. The Hall–Kier alpha value is -3.00. The zero-order valence-electron chi connectivity index (χ0n) is 14.6. The lowest BCUT2D eigenvalue weighted by Gasteiger charge is -2.28. The van der Waals surface area contributed by atoms with E-state index in [1.807, 2.05) is 30.3 Å². The molecule has 0 bridgehead atoms. The standard InChI is InChI=1S/C19H12Cl3N5O2/c20-15-10-17(22)18(11-16(15)21)26-24-19(12-4-2-1-3-5-12)23-25(26)13-6-8-14(9-7-13)27(28)29/h1-11H,(H,23,24). The lowest BCUT2D eigenvalue weighted by molar-refractivity contribution is -0.384. The number of nitrogens with one attached hydrogen (secondary N) is 1. The van der Waals surface area contributed by atoms with Gasteiger partial charge in [0.1, 0.15) is 5.69 Å². The van der Waals surface area contributed by atoms with Gasteiger partial charge < -0.3 is 0 Å². The van der Waals surface area contributed by atoms with Crippen LogP contribution in [0.15, 0.2) is 71.8 Å². The molecule has 0 atom stereocenters. The van der Waals surface area contributed by atoms with Crippen molar-refractivity contribution in [2.24, 2.45) is 5.10 Å². The number of nitro groups is 1. The normalized spacial score (nSPS) is 13.3. The number of hydrogen-bond donors (Lipinski definition) is 1. The minimum Gasteiger partial charge on any atom is -0.259 e. The molecule has 0 radical (unpaired) electrons. The van der Waals surface area contributed by atoms with E-state index in [1.165, 1.54) is 23.3 Å². The second-order valence-corrected chi connectivity index (χ2v) is 7.24. The van der Waals surface area contributed by atoms with Gasteiger partial charge in [-0.2, -0.15) is 5.12 Å². The number of benzene rings is 3. The number of anilines is 2. The molecule has 29 heavy (non-hydrogen) atoms. The molecule has 7 nitrogen and oxygen atoms in total. The third-order valence-corrected chi connectivity index (χ3v) is 5.18. The molecule has 0 aromatic heterocycles. The summed E-state index contributed by atoms with van der Waals surface area (Å²) in [5.74, 6) is 0.561. The van der Waals surface area contributed by atoms with Crippen LogP contribution in [0.3, 0.4) is 0 Å². The van der Waals surface area contributed by atoms with Crippen molar-refractivity contribution in [1.29, 1.82) is 0 Å². The van der Waals surface area contributed by atoms with E-state index in [1.54, 1.807) is 23.3 Å². The Kier molecular flexibility index (Phi) is 5.19. The van der Waals surface area contributed by atoms with Gasteiger partial charge in [0.25, 0.3) is 5.69 Å². The molecule has 10 heteroatoms. The molecule has 0 saturated carbocycles. The predicted molar refractivity (Wildman–Crippen MR) is 116 cm³/mol. The Morgan fingerprint density at radius 1 is 0.897 bits per heavy atom. The number of nitro benzene ring substituents is 1. The molecule has 0 saturated heterocycles. The van der Waals surface area contributed by atoms with Gasteiger partial charge in [-0.3, -0.25) is 15.5 Å². The lowest BCUT2D eigenvalue weighted by Crippen LogP contribution is -2.44. The summed E-state index contributed by atoms with van der Waals surface area (Å²) in [6, 6.07) is 18.7. The van der Waals surface area contributed by atoms with Crippen molar-refractivity contribution in [2.75, 3.05) is 10.2 Å². The number of hydrogen-bond acceptors (Lipinski definition) is 6. The highest BCUT2D eigenvalue weighted by Crippen LogP contribution is 2.37. The molecule has 0 spiro atoms. The van der Waals surface area contributed by atoms with Crippen molar-refractivity contribution in [3.05, 3.63) is 97.5 Å². The fourth-order valence-electron chi connectivity index (χ4n) is 2.74. The van der Waals surface area contributed by atoms with Gasteiger partial charge in [-0.15, -0.1) is 10.2 Å². The first-order valence-electron chi connectivity index (χ1n) is 8.34. The summed E-state index contributed by atoms with van der Waals surface area (Å²) in [4.78, 5) is 10.5. The molecule has 3 aromatic rings. The molecule has 0 aliphatic carbocycles. The van der Waals surface area contributed by atoms with Crippen LogP contribution < -0.4 is 15.7 Å². The molecular formula is C19H12Cl3N5O2. The van der Waals surface area contributed by atoms with Gasteiger partial charge in [-0.1, -0.05) is 65.1 Å². The average Bonchev–Trinajstić information content (AvgIpc) is 3.16. The van der Waals surface area contributed by atoms with Crippen LogP contribution in [0.5, 0.6) is 0 Å². The van der Waals surface area contributed by atoms with E-state index < -0.39 is 4.92 Å².